The van der Waals surface area contributed by atoms with Gasteiger partial charge in [0, 0.05) is 31.1 Å². The summed E-state index contributed by atoms with van der Waals surface area (Å²) in [7, 11) is 7.88. The molecule has 0 bridgehead atoms. The van der Waals surface area contributed by atoms with E-state index in [1.165, 1.54) is 0 Å². The van der Waals surface area contributed by atoms with Crippen molar-refractivity contribution >= 4 is 11.7 Å². The standard InChI is InChI=1S/C9H18N2O.C9H17NO/c1-8(2)10-9(12)6-5-7-11(3)4;1-8(2)9(11)6-5-7-10(3)4/h5-6,8H,7H2,1-4H3,(H,10,12);5-6,8H,7H2,1-4H3/b2*6-5+. The lowest BCUT2D eigenvalue weighted by Crippen LogP contribution is -2.28. The maximum absolute atomic E-state index is 11.0. The number of hydrogen-bond donors (Lipinski definition) is 1. The molecule has 0 fully saturated rings. The Hall–Kier alpha value is -1.46. The van der Waals surface area contributed by atoms with Gasteiger partial charge >= 0.3 is 0 Å². The van der Waals surface area contributed by atoms with Gasteiger partial charge in [0.15, 0.2) is 5.78 Å². The predicted molar refractivity (Wildman–Crippen MR) is 98.5 cm³/mol. The number of rotatable bonds is 8. The van der Waals surface area contributed by atoms with Crippen LogP contribution in [0, 0.1) is 5.92 Å². The van der Waals surface area contributed by atoms with Crippen molar-refractivity contribution in [1.82, 2.24) is 15.1 Å². The van der Waals surface area contributed by atoms with E-state index in [1.54, 1.807) is 12.2 Å². The van der Waals surface area contributed by atoms with Crippen LogP contribution < -0.4 is 5.32 Å². The van der Waals surface area contributed by atoms with Gasteiger partial charge in [0.2, 0.25) is 5.91 Å². The molecule has 0 aromatic carbocycles. The molecule has 0 saturated heterocycles. The molecule has 0 unspecified atom stereocenters. The van der Waals surface area contributed by atoms with E-state index in [2.05, 4.69) is 5.32 Å². The third-order valence-electron chi connectivity index (χ3n) is 2.49. The molecule has 0 aromatic rings. The Morgan fingerprint density at radius 2 is 1.30 bits per heavy atom. The summed E-state index contributed by atoms with van der Waals surface area (Å²) in [5.74, 6) is 0.298. The van der Waals surface area contributed by atoms with Gasteiger partial charge in [-0.25, -0.2) is 0 Å². The summed E-state index contributed by atoms with van der Waals surface area (Å²) in [5, 5.41) is 2.77. The second kappa shape index (κ2) is 14.2. The first-order valence-corrected chi connectivity index (χ1v) is 8.03. The van der Waals surface area contributed by atoms with Crippen LogP contribution in [0.1, 0.15) is 27.7 Å². The maximum Gasteiger partial charge on any atom is 0.243 e. The molecule has 5 nitrogen and oxygen atoms in total. The molecule has 1 N–H and O–H groups in total. The largest absolute Gasteiger partial charge is 0.350 e. The van der Waals surface area contributed by atoms with Crippen LogP contribution in [0.25, 0.3) is 0 Å². The number of hydrogen-bond acceptors (Lipinski definition) is 4. The lowest BCUT2D eigenvalue weighted by Gasteiger charge is -2.05. The minimum Gasteiger partial charge on any atom is -0.350 e. The molecule has 0 spiro atoms. The normalized spacial score (nSPS) is 11.7. The van der Waals surface area contributed by atoms with Crippen molar-refractivity contribution in [3.8, 4) is 0 Å². The topological polar surface area (TPSA) is 52.7 Å². The van der Waals surface area contributed by atoms with Crippen molar-refractivity contribution < 1.29 is 9.59 Å². The van der Waals surface area contributed by atoms with Crippen LogP contribution in [0.15, 0.2) is 24.3 Å². The highest BCUT2D eigenvalue weighted by molar-refractivity contribution is 5.91. The average molecular weight is 325 g/mol. The van der Waals surface area contributed by atoms with Crippen LogP contribution in [-0.4, -0.2) is 68.8 Å². The first-order chi connectivity index (χ1) is 10.6. The summed E-state index contributed by atoms with van der Waals surface area (Å²) in [6, 6.07) is 0.210. The lowest BCUT2D eigenvalue weighted by molar-refractivity contribution is -0.117. The van der Waals surface area contributed by atoms with Crippen LogP contribution >= 0.6 is 0 Å². The van der Waals surface area contributed by atoms with Gasteiger partial charge in [-0.3, -0.25) is 9.59 Å². The molecule has 0 saturated carbocycles. The molecule has 0 aromatic heterocycles. The Morgan fingerprint density at radius 3 is 1.65 bits per heavy atom. The van der Waals surface area contributed by atoms with E-state index in [0.717, 1.165) is 13.1 Å². The van der Waals surface area contributed by atoms with E-state index in [1.807, 2.05) is 77.8 Å². The molecule has 0 aliphatic heterocycles. The number of carbonyl (C=O) groups excluding carboxylic acids is 2. The Labute approximate surface area is 142 Å². The van der Waals surface area contributed by atoms with Gasteiger partial charge in [-0.2, -0.15) is 0 Å². The highest BCUT2D eigenvalue weighted by Gasteiger charge is 2.00. The predicted octanol–water partition coefficient (Wildman–Crippen LogP) is 1.96. The van der Waals surface area contributed by atoms with Crippen LogP contribution in [0.2, 0.25) is 0 Å². The Balaban J connectivity index is 0. The minimum atomic E-state index is -0.0214. The molecule has 0 aliphatic carbocycles. The second-order valence-electron chi connectivity index (χ2n) is 6.55. The molecular formula is C18H35N3O2. The average Bonchev–Trinajstić information content (AvgIpc) is 2.37. The van der Waals surface area contributed by atoms with Gasteiger partial charge < -0.3 is 15.1 Å². The highest BCUT2D eigenvalue weighted by Crippen LogP contribution is 1.94. The van der Waals surface area contributed by atoms with Crippen LogP contribution in [0.5, 0.6) is 0 Å². The van der Waals surface area contributed by atoms with Crippen LogP contribution in [-0.2, 0) is 9.59 Å². The first kappa shape index (κ1) is 23.8. The summed E-state index contributed by atoms with van der Waals surface area (Å²) < 4.78 is 0. The van der Waals surface area contributed by atoms with Crippen molar-refractivity contribution in [2.45, 2.75) is 33.7 Å². The third kappa shape index (κ3) is 20.5. The van der Waals surface area contributed by atoms with E-state index < -0.39 is 0 Å². The zero-order valence-electron chi connectivity index (χ0n) is 16.1. The third-order valence-corrected chi connectivity index (χ3v) is 2.49. The van der Waals surface area contributed by atoms with E-state index >= 15 is 0 Å². The lowest BCUT2D eigenvalue weighted by atomic mass is 10.1. The van der Waals surface area contributed by atoms with Gasteiger partial charge in [0.1, 0.15) is 0 Å². The summed E-state index contributed by atoms with van der Waals surface area (Å²) in [4.78, 5) is 26.1. The maximum atomic E-state index is 11.0. The number of ketones is 1. The molecule has 5 heteroatoms. The summed E-state index contributed by atoms with van der Waals surface area (Å²) in [6.07, 6.45) is 6.96. The van der Waals surface area contributed by atoms with Gasteiger partial charge in [0.05, 0.1) is 0 Å². The van der Waals surface area contributed by atoms with Crippen molar-refractivity contribution in [3.63, 3.8) is 0 Å². The molecule has 0 atom stereocenters. The van der Waals surface area contributed by atoms with Gasteiger partial charge in [0.25, 0.3) is 0 Å². The number of carbonyl (C=O) groups is 2. The molecule has 0 rings (SSSR count). The van der Waals surface area contributed by atoms with Gasteiger partial charge in [-0.15, -0.1) is 0 Å². The summed E-state index contributed by atoms with van der Waals surface area (Å²) in [5.41, 5.74) is 0. The molecule has 23 heavy (non-hydrogen) atoms. The van der Waals surface area contributed by atoms with E-state index in [9.17, 15) is 9.59 Å². The fourth-order valence-electron chi connectivity index (χ4n) is 1.28. The van der Waals surface area contributed by atoms with E-state index in [4.69, 9.17) is 0 Å². The van der Waals surface area contributed by atoms with Crippen LogP contribution in [0.4, 0.5) is 0 Å². The Morgan fingerprint density at radius 1 is 0.870 bits per heavy atom. The Bertz CT molecular complexity index is 384. The van der Waals surface area contributed by atoms with E-state index in [-0.39, 0.29) is 23.7 Å². The monoisotopic (exact) mass is 325 g/mol. The van der Waals surface area contributed by atoms with E-state index in [0.29, 0.717) is 0 Å². The molecule has 1 amide bonds. The summed E-state index contributed by atoms with van der Waals surface area (Å²) in [6.45, 7) is 9.32. The smallest absolute Gasteiger partial charge is 0.243 e. The fourth-order valence-corrected chi connectivity index (χ4v) is 1.28. The SMILES string of the molecule is CC(C)C(=O)/C=C/CN(C)C.CC(C)NC(=O)/C=C/CN(C)C. The van der Waals surface area contributed by atoms with Crippen LogP contribution in [0.3, 0.4) is 0 Å². The first-order valence-electron chi connectivity index (χ1n) is 8.03. The van der Waals surface area contributed by atoms with Crippen molar-refractivity contribution in [1.29, 1.82) is 0 Å². The van der Waals surface area contributed by atoms with Crippen molar-refractivity contribution in [3.05, 3.63) is 24.3 Å². The number of allylic oxidation sites excluding steroid dienone is 1. The summed E-state index contributed by atoms with van der Waals surface area (Å²) >= 11 is 0. The number of amides is 1. The number of nitrogens with zero attached hydrogens (tertiary/aromatic N) is 2. The van der Waals surface area contributed by atoms with Gasteiger partial charge in [-0.1, -0.05) is 26.0 Å². The van der Waals surface area contributed by atoms with Gasteiger partial charge in [-0.05, 0) is 48.1 Å². The molecular weight excluding hydrogens is 290 g/mol. The number of likely N-dealkylation sites (N-methyl/N-ethyl adjacent to an activating group) is 2. The van der Waals surface area contributed by atoms with Crippen molar-refractivity contribution in [2.24, 2.45) is 5.92 Å². The molecule has 0 aliphatic rings. The highest BCUT2D eigenvalue weighted by atomic mass is 16.1. The zero-order valence-corrected chi connectivity index (χ0v) is 16.1. The van der Waals surface area contributed by atoms with Crippen molar-refractivity contribution in [2.75, 3.05) is 41.3 Å². The molecule has 0 heterocycles. The zero-order chi connectivity index (χ0) is 18.4. The minimum absolute atomic E-state index is 0.0214. The molecule has 134 valence electrons. The molecule has 0 radical (unpaired) electrons. The Kier molecular flexibility index (Phi) is 14.6. The quantitative estimate of drug-likeness (QED) is 0.693. The number of nitrogens with one attached hydrogen (secondary N) is 1. The fraction of sp³-hybridized carbons (Fsp3) is 0.667. The second-order valence-corrected chi connectivity index (χ2v) is 6.55.